The highest BCUT2D eigenvalue weighted by molar-refractivity contribution is 5.95. The lowest BCUT2D eigenvalue weighted by Crippen LogP contribution is -2.12. The summed E-state index contributed by atoms with van der Waals surface area (Å²) in [6.45, 7) is 3.44. The van der Waals surface area contributed by atoms with Crippen molar-refractivity contribution in [2.75, 3.05) is 86.4 Å². The van der Waals surface area contributed by atoms with Gasteiger partial charge in [0.2, 0.25) is 0 Å². The SMILES string of the molecule is COCCCOc1cc(OCCCOC(=O)c2cc(OCCCO)cc(OCCCOC(=O)c3cc(OCCCO)cc(OCCCO)c3)c2)cc(C(C)=O)c1. The molecule has 0 aliphatic carbocycles. The highest BCUT2D eigenvalue weighted by Gasteiger charge is 2.15. The van der Waals surface area contributed by atoms with Gasteiger partial charge in [-0.2, -0.15) is 0 Å². The van der Waals surface area contributed by atoms with Gasteiger partial charge < -0.3 is 58.0 Å². The molecule has 0 fully saturated rings. The Morgan fingerprint density at radius 2 is 0.696 bits per heavy atom. The molecule has 308 valence electrons. The number of hydrogen-bond donors (Lipinski definition) is 3. The van der Waals surface area contributed by atoms with Gasteiger partial charge >= 0.3 is 11.9 Å². The Bertz CT molecular complexity index is 1600. The number of esters is 2. The molecule has 3 aromatic carbocycles. The maximum Gasteiger partial charge on any atom is 0.338 e. The van der Waals surface area contributed by atoms with Crippen LogP contribution in [0.15, 0.2) is 54.6 Å². The fraction of sp³-hybridized carbons (Fsp3) is 0.488. The van der Waals surface area contributed by atoms with Crippen molar-refractivity contribution >= 4 is 17.7 Å². The maximum absolute atomic E-state index is 13.0. The summed E-state index contributed by atoms with van der Waals surface area (Å²) in [7, 11) is 1.61. The van der Waals surface area contributed by atoms with Gasteiger partial charge in [-0.15, -0.1) is 0 Å². The molecule has 0 amide bonds. The topological polar surface area (TPSA) is 195 Å². The van der Waals surface area contributed by atoms with Crippen molar-refractivity contribution in [3.8, 4) is 34.5 Å². The zero-order valence-electron chi connectivity index (χ0n) is 32.2. The number of ketones is 1. The predicted molar refractivity (Wildman–Crippen MR) is 204 cm³/mol. The molecule has 56 heavy (non-hydrogen) atoms. The summed E-state index contributed by atoms with van der Waals surface area (Å²) in [5, 5.41) is 27.3. The van der Waals surface area contributed by atoms with Gasteiger partial charge in [-0.1, -0.05) is 0 Å². The monoisotopic (exact) mass is 786 g/mol. The molecule has 0 aliphatic rings. The fourth-order valence-corrected chi connectivity index (χ4v) is 4.81. The Morgan fingerprint density at radius 1 is 0.411 bits per heavy atom. The Morgan fingerprint density at radius 3 is 0.982 bits per heavy atom. The molecular weight excluding hydrogens is 732 g/mol. The number of carbonyl (C=O) groups excluding carboxylic acids is 3. The van der Waals surface area contributed by atoms with Crippen molar-refractivity contribution < 1.29 is 72.3 Å². The Kier molecular flexibility index (Phi) is 21.6. The lowest BCUT2D eigenvalue weighted by atomic mass is 10.1. The first-order chi connectivity index (χ1) is 27.3. The minimum absolute atomic E-state index is 0.0283. The second kappa shape index (κ2) is 26.7. The van der Waals surface area contributed by atoms with E-state index in [9.17, 15) is 19.5 Å². The van der Waals surface area contributed by atoms with Crippen molar-refractivity contribution in [3.63, 3.8) is 0 Å². The van der Waals surface area contributed by atoms with E-state index in [2.05, 4.69) is 0 Å². The van der Waals surface area contributed by atoms with Crippen LogP contribution in [0.1, 0.15) is 76.5 Å². The van der Waals surface area contributed by atoms with Crippen LogP contribution in [0, 0.1) is 0 Å². The van der Waals surface area contributed by atoms with Crippen LogP contribution in [0.3, 0.4) is 0 Å². The van der Waals surface area contributed by atoms with E-state index < -0.39 is 11.9 Å². The molecule has 15 heteroatoms. The van der Waals surface area contributed by atoms with Gasteiger partial charge in [-0.25, -0.2) is 9.59 Å². The largest absolute Gasteiger partial charge is 0.493 e. The summed E-state index contributed by atoms with van der Waals surface area (Å²) in [5.41, 5.74) is 0.857. The summed E-state index contributed by atoms with van der Waals surface area (Å²) in [5.74, 6) is 1.07. The van der Waals surface area contributed by atoms with Gasteiger partial charge in [0.25, 0.3) is 0 Å². The van der Waals surface area contributed by atoms with Crippen LogP contribution in [0.5, 0.6) is 34.5 Å². The van der Waals surface area contributed by atoms with Gasteiger partial charge in [0.1, 0.15) is 34.5 Å². The van der Waals surface area contributed by atoms with Crippen LogP contribution in [0.4, 0.5) is 0 Å². The van der Waals surface area contributed by atoms with E-state index in [1.807, 2.05) is 0 Å². The number of hydrogen-bond acceptors (Lipinski definition) is 15. The van der Waals surface area contributed by atoms with E-state index in [0.717, 1.165) is 0 Å². The highest BCUT2D eigenvalue weighted by atomic mass is 16.5. The predicted octanol–water partition coefficient (Wildman–Crippen LogP) is 4.84. The van der Waals surface area contributed by atoms with Crippen molar-refractivity contribution in [3.05, 3.63) is 71.3 Å². The van der Waals surface area contributed by atoms with Crippen molar-refractivity contribution in [1.82, 2.24) is 0 Å². The summed E-state index contributed by atoms with van der Waals surface area (Å²) >= 11 is 0. The van der Waals surface area contributed by atoms with Crippen LogP contribution in [0.25, 0.3) is 0 Å². The number of rotatable bonds is 30. The molecule has 15 nitrogen and oxygen atoms in total. The van der Waals surface area contributed by atoms with Gasteiger partial charge in [-0.05, 0) is 43.3 Å². The van der Waals surface area contributed by atoms with Crippen LogP contribution in [-0.4, -0.2) is 119 Å². The van der Waals surface area contributed by atoms with Gasteiger partial charge in [0.15, 0.2) is 5.78 Å². The third-order valence-electron chi connectivity index (χ3n) is 7.57. The number of aliphatic hydroxyl groups is 3. The van der Waals surface area contributed by atoms with Crippen LogP contribution < -0.4 is 28.4 Å². The van der Waals surface area contributed by atoms with E-state index in [-0.39, 0.29) is 83.0 Å². The minimum atomic E-state index is -0.607. The average molecular weight is 787 g/mol. The normalized spacial score (nSPS) is 10.7. The highest BCUT2D eigenvalue weighted by Crippen LogP contribution is 2.27. The number of benzene rings is 3. The average Bonchev–Trinajstić information content (AvgIpc) is 3.19. The molecule has 0 atom stereocenters. The summed E-state index contributed by atoms with van der Waals surface area (Å²) in [6, 6.07) is 14.3. The third-order valence-corrected chi connectivity index (χ3v) is 7.57. The van der Waals surface area contributed by atoms with E-state index in [1.165, 1.54) is 31.2 Å². The summed E-state index contributed by atoms with van der Waals surface area (Å²) < 4.78 is 50.4. The molecule has 0 saturated heterocycles. The van der Waals surface area contributed by atoms with Crippen molar-refractivity contribution in [1.29, 1.82) is 0 Å². The number of carbonyl (C=O) groups is 3. The molecule has 0 saturated carbocycles. The zero-order valence-corrected chi connectivity index (χ0v) is 32.2. The van der Waals surface area contributed by atoms with Gasteiger partial charge in [0, 0.05) is 95.8 Å². The minimum Gasteiger partial charge on any atom is -0.493 e. The molecule has 0 spiro atoms. The van der Waals surface area contributed by atoms with Crippen LogP contribution >= 0.6 is 0 Å². The van der Waals surface area contributed by atoms with Crippen molar-refractivity contribution in [2.24, 2.45) is 0 Å². The molecular formula is C41H54O15. The molecule has 0 aromatic heterocycles. The number of aliphatic hydroxyl groups excluding tert-OH is 3. The van der Waals surface area contributed by atoms with Crippen LogP contribution in [-0.2, 0) is 14.2 Å². The molecule has 0 radical (unpaired) electrons. The molecule has 3 rings (SSSR count). The molecule has 0 heterocycles. The lowest BCUT2D eigenvalue weighted by Gasteiger charge is -2.13. The summed E-state index contributed by atoms with van der Waals surface area (Å²) in [4.78, 5) is 37.9. The standard InChI is InChI=1S/C41H54O15/c1-30(45)31-21-34(52-16-6-12-48-2)27-35(22-31)53-17-7-19-55-41(47)33-25-38(51-15-5-11-44)29-39(26-33)54-18-8-20-56-40(46)32-23-36(49-13-3-9-42)28-37(24-32)50-14-4-10-43/h21-29,42-44H,3-20H2,1-2H3. The van der Waals surface area contributed by atoms with Gasteiger partial charge in [-0.3, -0.25) is 4.79 Å². The van der Waals surface area contributed by atoms with Crippen molar-refractivity contribution in [2.45, 2.75) is 45.4 Å². The summed E-state index contributed by atoms with van der Waals surface area (Å²) in [6.07, 6.45) is 2.61. The Hall–Kier alpha value is -5.09. The molecule has 0 unspecified atom stereocenters. The second-order valence-corrected chi connectivity index (χ2v) is 12.3. The number of ether oxygens (including phenoxy) is 9. The lowest BCUT2D eigenvalue weighted by molar-refractivity contribution is 0.0471. The molecule has 0 aliphatic heterocycles. The first-order valence-corrected chi connectivity index (χ1v) is 18.6. The first-order valence-electron chi connectivity index (χ1n) is 18.6. The quantitative estimate of drug-likeness (QED) is 0.0472. The maximum atomic E-state index is 13.0. The molecule has 3 N–H and O–H groups in total. The van der Waals surface area contributed by atoms with E-state index in [0.29, 0.717) is 91.8 Å². The Labute approximate surface area is 327 Å². The molecule has 3 aromatic rings. The second-order valence-electron chi connectivity index (χ2n) is 12.3. The Balaban J connectivity index is 1.52. The van der Waals surface area contributed by atoms with E-state index in [1.54, 1.807) is 37.4 Å². The van der Waals surface area contributed by atoms with E-state index >= 15 is 0 Å². The van der Waals surface area contributed by atoms with E-state index in [4.69, 9.17) is 52.8 Å². The van der Waals surface area contributed by atoms with Gasteiger partial charge in [0.05, 0.1) is 64.0 Å². The zero-order chi connectivity index (χ0) is 40.4. The fourth-order valence-electron chi connectivity index (χ4n) is 4.81. The first kappa shape index (κ1) is 45.3. The number of Topliss-reactive ketones (excluding diaryl/α,β-unsaturated/α-hetero) is 1. The molecule has 0 bridgehead atoms. The smallest absolute Gasteiger partial charge is 0.338 e. The third kappa shape index (κ3) is 17.6. The van der Waals surface area contributed by atoms with Crippen LogP contribution in [0.2, 0.25) is 0 Å². The number of methoxy groups -OCH3 is 1.